The predicted octanol–water partition coefficient (Wildman–Crippen LogP) is 2.72. The molecular weight excluding hydrogens is 252 g/mol. The highest BCUT2D eigenvalue weighted by Crippen LogP contribution is 2.20. The van der Waals surface area contributed by atoms with Gasteiger partial charge in [-0.15, -0.1) is 0 Å². The van der Waals surface area contributed by atoms with Crippen molar-refractivity contribution in [3.63, 3.8) is 0 Å². The Morgan fingerprint density at radius 1 is 1.30 bits per heavy atom. The largest absolute Gasteiger partial charge is 0.331 e. The number of hydrogen-bond acceptors (Lipinski definition) is 2. The number of para-hydroxylation sites is 1. The van der Waals surface area contributed by atoms with E-state index in [9.17, 15) is 9.59 Å². The molecule has 0 radical (unpaired) electrons. The lowest BCUT2D eigenvalue weighted by molar-refractivity contribution is -0.145. The molecule has 1 aliphatic heterocycles. The number of carbonyl (C=O) groups is 2. The molecule has 1 unspecified atom stereocenters. The van der Waals surface area contributed by atoms with Crippen molar-refractivity contribution in [3.8, 4) is 0 Å². The van der Waals surface area contributed by atoms with Gasteiger partial charge in [-0.3, -0.25) is 9.59 Å². The van der Waals surface area contributed by atoms with Crippen LogP contribution in [0.3, 0.4) is 0 Å². The van der Waals surface area contributed by atoms with Crippen molar-refractivity contribution in [2.75, 3.05) is 11.9 Å². The number of rotatable bonds is 2. The Balaban J connectivity index is 2.05. The number of nitrogens with one attached hydrogen (secondary N) is 1. The van der Waals surface area contributed by atoms with E-state index in [0.717, 1.165) is 31.2 Å². The number of amides is 2. The highest BCUT2D eigenvalue weighted by atomic mass is 16.2. The fourth-order valence-electron chi connectivity index (χ4n) is 2.71. The molecule has 1 atom stereocenters. The first-order chi connectivity index (χ1) is 9.63. The van der Waals surface area contributed by atoms with Gasteiger partial charge in [0.2, 0.25) is 0 Å². The maximum Gasteiger partial charge on any atom is 0.313 e. The quantitative estimate of drug-likeness (QED) is 0.843. The molecular formula is C16H22N2O2. The first-order valence-corrected chi connectivity index (χ1v) is 7.31. The average molecular weight is 274 g/mol. The zero-order valence-corrected chi connectivity index (χ0v) is 12.2. The third-order valence-electron chi connectivity index (χ3n) is 3.95. The van der Waals surface area contributed by atoms with Gasteiger partial charge in [-0.05, 0) is 44.2 Å². The van der Waals surface area contributed by atoms with E-state index in [2.05, 4.69) is 12.2 Å². The number of carbonyl (C=O) groups excluding carboxylic acids is 2. The van der Waals surface area contributed by atoms with Crippen molar-refractivity contribution in [2.24, 2.45) is 0 Å². The van der Waals surface area contributed by atoms with Crippen molar-refractivity contribution in [3.05, 3.63) is 29.8 Å². The fourth-order valence-corrected chi connectivity index (χ4v) is 2.71. The molecule has 0 bridgehead atoms. The Labute approximate surface area is 120 Å². The zero-order chi connectivity index (χ0) is 14.5. The van der Waals surface area contributed by atoms with Gasteiger partial charge in [-0.2, -0.15) is 0 Å². The van der Waals surface area contributed by atoms with Gasteiger partial charge in [0.1, 0.15) is 0 Å². The number of benzene rings is 1. The van der Waals surface area contributed by atoms with Crippen molar-refractivity contribution >= 4 is 17.5 Å². The first kappa shape index (κ1) is 14.6. The van der Waals surface area contributed by atoms with E-state index in [1.807, 2.05) is 31.2 Å². The number of anilines is 1. The zero-order valence-electron chi connectivity index (χ0n) is 12.2. The van der Waals surface area contributed by atoms with Crippen molar-refractivity contribution in [2.45, 2.75) is 45.6 Å². The summed E-state index contributed by atoms with van der Waals surface area (Å²) in [6.07, 6.45) is 4.03. The summed E-state index contributed by atoms with van der Waals surface area (Å²) in [6.45, 7) is 4.67. The number of likely N-dealkylation sites (tertiary alicyclic amines) is 1. The van der Waals surface area contributed by atoms with E-state index in [-0.39, 0.29) is 6.04 Å². The number of piperidine rings is 1. The Hall–Kier alpha value is -1.84. The van der Waals surface area contributed by atoms with E-state index < -0.39 is 11.8 Å². The van der Waals surface area contributed by atoms with Crippen LogP contribution in [0.5, 0.6) is 0 Å². The Morgan fingerprint density at radius 2 is 2.05 bits per heavy atom. The molecule has 1 saturated heterocycles. The Bertz CT molecular complexity index is 499. The van der Waals surface area contributed by atoms with Crippen LogP contribution in [0.1, 0.15) is 38.2 Å². The van der Waals surface area contributed by atoms with Gasteiger partial charge in [0.15, 0.2) is 0 Å². The number of aryl methyl sites for hydroxylation is 1. The smallest absolute Gasteiger partial charge is 0.313 e. The lowest BCUT2D eigenvalue weighted by atomic mass is 10.00. The minimum Gasteiger partial charge on any atom is -0.331 e. The molecule has 4 nitrogen and oxygen atoms in total. The van der Waals surface area contributed by atoms with Gasteiger partial charge >= 0.3 is 11.8 Å². The van der Waals surface area contributed by atoms with Gasteiger partial charge in [-0.1, -0.05) is 25.1 Å². The lowest BCUT2D eigenvalue weighted by Gasteiger charge is -2.34. The van der Waals surface area contributed by atoms with Gasteiger partial charge in [0.05, 0.1) is 0 Å². The highest BCUT2D eigenvalue weighted by molar-refractivity contribution is 6.39. The topological polar surface area (TPSA) is 49.4 Å². The minimum absolute atomic E-state index is 0.207. The SMILES string of the molecule is CCC1CCCCN1C(=O)C(=O)Nc1ccccc1C. The van der Waals surface area contributed by atoms with Crippen LogP contribution in [-0.4, -0.2) is 29.3 Å². The summed E-state index contributed by atoms with van der Waals surface area (Å²) < 4.78 is 0. The van der Waals surface area contributed by atoms with Crippen LogP contribution in [-0.2, 0) is 9.59 Å². The second kappa shape index (κ2) is 6.55. The monoisotopic (exact) mass is 274 g/mol. The summed E-state index contributed by atoms with van der Waals surface area (Å²) >= 11 is 0. The first-order valence-electron chi connectivity index (χ1n) is 7.31. The molecule has 1 aromatic carbocycles. The summed E-state index contributed by atoms with van der Waals surface area (Å²) in [4.78, 5) is 26.2. The van der Waals surface area contributed by atoms with Gasteiger partial charge in [0, 0.05) is 18.3 Å². The van der Waals surface area contributed by atoms with Crippen molar-refractivity contribution in [1.29, 1.82) is 0 Å². The second-order valence-corrected chi connectivity index (χ2v) is 5.33. The van der Waals surface area contributed by atoms with E-state index in [4.69, 9.17) is 0 Å². The van der Waals surface area contributed by atoms with Crippen LogP contribution < -0.4 is 5.32 Å². The molecule has 1 aromatic rings. The van der Waals surface area contributed by atoms with Gasteiger partial charge in [0.25, 0.3) is 0 Å². The van der Waals surface area contributed by atoms with Crippen LogP contribution in [0.25, 0.3) is 0 Å². The molecule has 1 N–H and O–H groups in total. The number of nitrogens with zero attached hydrogens (tertiary/aromatic N) is 1. The highest BCUT2D eigenvalue weighted by Gasteiger charge is 2.29. The summed E-state index contributed by atoms with van der Waals surface area (Å²) in [5.41, 5.74) is 1.66. The summed E-state index contributed by atoms with van der Waals surface area (Å²) in [7, 11) is 0. The summed E-state index contributed by atoms with van der Waals surface area (Å²) in [6, 6.07) is 7.69. The molecule has 0 aromatic heterocycles. The molecule has 1 aliphatic rings. The third-order valence-corrected chi connectivity index (χ3v) is 3.95. The maximum absolute atomic E-state index is 12.3. The molecule has 2 rings (SSSR count). The molecule has 20 heavy (non-hydrogen) atoms. The van der Waals surface area contributed by atoms with E-state index >= 15 is 0 Å². The van der Waals surface area contributed by atoms with Crippen LogP contribution in [0.4, 0.5) is 5.69 Å². The average Bonchev–Trinajstić information content (AvgIpc) is 2.48. The molecule has 108 valence electrons. The summed E-state index contributed by atoms with van der Waals surface area (Å²) in [5, 5.41) is 2.72. The molecule has 0 aliphatic carbocycles. The molecule has 1 heterocycles. The third kappa shape index (κ3) is 3.18. The Kier molecular flexibility index (Phi) is 4.77. The molecule has 0 spiro atoms. The Morgan fingerprint density at radius 3 is 2.75 bits per heavy atom. The molecule has 2 amide bonds. The lowest BCUT2D eigenvalue weighted by Crippen LogP contribution is -2.48. The predicted molar refractivity (Wildman–Crippen MR) is 79.5 cm³/mol. The molecule has 4 heteroatoms. The molecule has 1 fully saturated rings. The fraction of sp³-hybridized carbons (Fsp3) is 0.500. The van der Waals surface area contributed by atoms with Crippen LogP contribution >= 0.6 is 0 Å². The van der Waals surface area contributed by atoms with Crippen LogP contribution in [0.15, 0.2) is 24.3 Å². The van der Waals surface area contributed by atoms with E-state index in [1.54, 1.807) is 4.90 Å². The van der Waals surface area contributed by atoms with E-state index in [0.29, 0.717) is 12.2 Å². The van der Waals surface area contributed by atoms with Gasteiger partial charge in [-0.25, -0.2) is 0 Å². The second-order valence-electron chi connectivity index (χ2n) is 5.33. The maximum atomic E-state index is 12.3. The van der Waals surface area contributed by atoms with Crippen molar-refractivity contribution < 1.29 is 9.59 Å². The van der Waals surface area contributed by atoms with Crippen LogP contribution in [0.2, 0.25) is 0 Å². The van der Waals surface area contributed by atoms with E-state index in [1.165, 1.54) is 0 Å². The normalized spacial score (nSPS) is 18.7. The molecule has 0 saturated carbocycles. The standard InChI is InChI=1S/C16H22N2O2/c1-3-13-9-6-7-11-18(13)16(20)15(19)17-14-10-5-4-8-12(14)2/h4-5,8,10,13H,3,6-7,9,11H2,1-2H3,(H,17,19). The van der Waals surface area contributed by atoms with Gasteiger partial charge < -0.3 is 10.2 Å². The number of hydrogen-bond donors (Lipinski definition) is 1. The van der Waals surface area contributed by atoms with Crippen molar-refractivity contribution in [1.82, 2.24) is 4.90 Å². The van der Waals surface area contributed by atoms with Crippen LogP contribution in [0, 0.1) is 6.92 Å². The minimum atomic E-state index is -0.528. The summed E-state index contributed by atoms with van der Waals surface area (Å²) in [5.74, 6) is -0.931.